The van der Waals surface area contributed by atoms with Gasteiger partial charge in [-0.3, -0.25) is 9.59 Å². The van der Waals surface area contributed by atoms with E-state index in [0.717, 1.165) is 37.0 Å². The van der Waals surface area contributed by atoms with Gasteiger partial charge in [-0.25, -0.2) is 4.68 Å². The van der Waals surface area contributed by atoms with E-state index in [1.807, 2.05) is 0 Å². The summed E-state index contributed by atoms with van der Waals surface area (Å²) in [5.74, 6) is 2.47. The van der Waals surface area contributed by atoms with Gasteiger partial charge in [0.15, 0.2) is 0 Å². The van der Waals surface area contributed by atoms with E-state index in [-0.39, 0.29) is 11.5 Å². The van der Waals surface area contributed by atoms with Crippen LogP contribution in [-0.4, -0.2) is 22.2 Å². The third-order valence-corrected chi connectivity index (χ3v) is 5.51. The van der Waals surface area contributed by atoms with Crippen molar-refractivity contribution in [1.29, 1.82) is 0 Å². The van der Waals surface area contributed by atoms with Gasteiger partial charge in [-0.05, 0) is 55.9 Å². The zero-order valence-electron chi connectivity index (χ0n) is 14.0. The Hall–Kier alpha value is -1.65. The first-order chi connectivity index (χ1) is 11.2. The van der Waals surface area contributed by atoms with E-state index < -0.39 is 0 Å². The summed E-state index contributed by atoms with van der Waals surface area (Å²) in [7, 11) is 0. The molecule has 2 aliphatic carbocycles. The zero-order chi connectivity index (χ0) is 16.2. The van der Waals surface area contributed by atoms with Crippen LogP contribution in [0.1, 0.15) is 62.4 Å². The summed E-state index contributed by atoms with van der Waals surface area (Å²) in [5, 5.41) is 7.16. The van der Waals surface area contributed by atoms with Gasteiger partial charge in [0.1, 0.15) is 5.69 Å². The van der Waals surface area contributed by atoms with E-state index in [4.69, 9.17) is 0 Å². The van der Waals surface area contributed by atoms with Crippen LogP contribution in [0, 0.1) is 17.8 Å². The lowest BCUT2D eigenvalue weighted by Crippen LogP contribution is -2.31. The molecule has 5 nitrogen and oxygen atoms in total. The number of nitrogens with one attached hydrogen (secondary N) is 1. The van der Waals surface area contributed by atoms with Gasteiger partial charge in [-0.1, -0.05) is 19.8 Å². The molecule has 0 spiro atoms. The maximum Gasteiger partial charge on any atom is 0.271 e. The summed E-state index contributed by atoms with van der Waals surface area (Å²) in [6.07, 6.45) is 8.51. The highest BCUT2D eigenvalue weighted by Gasteiger charge is 2.38. The van der Waals surface area contributed by atoms with Crippen LogP contribution in [0.25, 0.3) is 0 Å². The number of aryl methyl sites for hydroxylation is 1. The van der Waals surface area contributed by atoms with Crippen LogP contribution < -0.4 is 10.9 Å². The second-order valence-corrected chi connectivity index (χ2v) is 7.11. The number of fused-ring (bicyclic) bond motifs is 2. The van der Waals surface area contributed by atoms with E-state index in [2.05, 4.69) is 17.3 Å². The summed E-state index contributed by atoms with van der Waals surface area (Å²) in [4.78, 5) is 24.0. The minimum absolute atomic E-state index is 0.142. The van der Waals surface area contributed by atoms with E-state index in [1.165, 1.54) is 42.5 Å². The monoisotopic (exact) mass is 317 g/mol. The molecule has 5 heteroatoms. The number of amides is 1. The van der Waals surface area contributed by atoms with Crippen LogP contribution in [0.2, 0.25) is 0 Å². The Labute approximate surface area is 137 Å². The number of hydrogen-bond donors (Lipinski definition) is 1. The molecule has 1 amide bonds. The Morgan fingerprint density at radius 1 is 1.35 bits per heavy atom. The summed E-state index contributed by atoms with van der Waals surface area (Å²) in [6.45, 7) is 3.35. The molecule has 126 valence electrons. The van der Waals surface area contributed by atoms with Gasteiger partial charge in [0.25, 0.3) is 11.5 Å². The van der Waals surface area contributed by atoms with Crippen molar-refractivity contribution in [2.75, 3.05) is 6.54 Å². The maximum absolute atomic E-state index is 12.2. The van der Waals surface area contributed by atoms with Crippen molar-refractivity contribution >= 4 is 5.91 Å². The molecule has 3 rings (SSSR count). The largest absolute Gasteiger partial charge is 0.351 e. The van der Waals surface area contributed by atoms with Crippen molar-refractivity contribution in [3.05, 3.63) is 28.2 Å². The molecule has 2 saturated carbocycles. The van der Waals surface area contributed by atoms with Crippen LogP contribution in [0.4, 0.5) is 0 Å². The van der Waals surface area contributed by atoms with Gasteiger partial charge in [0, 0.05) is 19.2 Å². The average molecular weight is 317 g/mol. The molecule has 3 unspecified atom stereocenters. The van der Waals surface area contributed by atoms with E-state index in [0.29, 0.717) is 18.8 Å². The number of aromatic nitrogens is 2. The van der Waals surface area contributed by atoms with Gasteiger partial charge >= 0.3 is 0 Å². The molecule has 1 N–H and O–H groups in total. The molecule has 23 heavy (non-hydrogen) atoms. The smallest absolute Gasteiger partial charge is 0.271 e. The van der Waals surface area contributed by atoms with Crippen molar-refractivity contribution in [2.24, 2.45) is 17.8 Å². The van der Waals surface area contributed by atoms with Crippen molar-refractivity contribution in [2.45, 2.75) is 58.4 Å². The molecule has 3 atom stereocenters. The van der Waals surface area contributed by atoms with Crippen molar-refractivity contribution < 1.29 is 4.79 Å². The van der Waals surface area contributed by atoms with Crippen LogP contribution in [0.5, 0.6) is 0 Å². The number of nitrogens with zero attached hydrogens (tertiary/aromatic N) is 2. The molecule has 2 aliphatic rings. The molecule has 0 aliphatic heterocycles. The fourth-order valence-electron chi connectivity index (χ4n) is 4.23. The summed E-state index contributed by atoms with van der Waals surface area (Å²) < 4.78 is 1.40. The number of carbonyl (C=O) groups excluding carboxylic acids is 1. The minimum atomic E-state index is -0.168. The van der Waals surface area contributed by atoms with E-state index >= 15 is 0 Å². The predicted molar refractivity (Wildman–Crippen MR) is 89.3 cm³/mol. The minimum Gasteiger partial charge on any atom is -0.351 e. The molecule has 0 aromatic carbocycles. The Bertz CT molecular complexity index is 611. The lowest BCUT2D eigenvalue weighted by molar-refractivity contribution is 0.0942. The summed E-state index contributed by atoms with van der Waals surface area (Å²) >= 11 is 0. The number of hydrogen-bond acceptors (Lipinski definition) is 3. The lowest BCUT2D eigenvalue weighted by atomic mass is 9.86. The summed E-state index contributed by atoms with van der Waals surface area (Å²) in [5.41, 5.74) is 0.200. The fraction of sp³-hybridized carbons (Fsp3) is 0.722. The zero-order valence-corrected chi connectivity index (χ0v) is 14.0. The molecule has 1 aromatic rings. The van der Waals surface area contributed by atoms with Crippen LogP contribution in [-0.2, 0) is 6.54 Å². The van der Waals surface area contributed by atoms with Crippen LogP contribution >= 0.6 is 0 Å². The number of rotatable bonds is 7. The normalized spacial score (nSPS) is 25.7. The van der Waals surface area contributed by atoms with Crippen LogP contribution in [0.15, 0.2) is 16.9 Å². The standard InChI is InChI=1S/C18H27N3O2/c1-2-3-10-21-17(22)7-6-16(20-21)18(23)19-9-8-15-12-13-4-5-14(15)11-13/h6-7,13-15H,2-5,8-12H2,1H3,(H,19,23). The van der Waals surface area contributed by atoms with Crippen molar-refractivity contribution in [3.8, 4) is 0 Å². The maximum atomic E-state index is 12.2. The first-order valence-electron chi connectivity index (χ1n) is 9.03. The molecular formula is C18H27N3O2. The predicted octanol–water partition coefficient (Wildman–Crippen LogP) is 2.60. The third-order valence-electron chi connectivity index (χ3n) is 5.51. The molecule has 2 bridgehead atoms. The highest BCUT2D eigenvalue weighted by Crippen LogP contribution is 2.49. The van der Waals surface area contributed by atoms with Gasteiger partial charge in [0.2, 0.25) is 0 Å². The first-order valence-corrected chi connectivity index (χ1v) is 9.03. The second kappa shape index (κ2) is 7.28. The average Bonchev–Trinajstić information content (AvgIpc) is 3.17. The molecule has 1 aromatic heterocycles. The van der Waals surface area contributed by atoms with E-state index in [1.54, 1.807) is 0 Å². The van der Waals surface area contributed by atoms with E-state index in [9.17, 15) is 9.59 Å². The van der Waals surface area contributed by atoms with Gasteiger partial charge in [-0.2, -0.15) is 5.10 Å². The fourth-order valence-corrected chi connectivity index (χ4v) is 4.23. The molecular weight excluding hydrogens is 290 g/mol. The lowest BCUT2D eigenvalue weighted by Gasteiger charge is -2.21. The Kier molecular flexibility index (Phi) is 5.13. The quantitative estimate of drug-likeness (QED) is 0.841. The highest BCUT2D eigenvalue weighted by atomic mass is 16.2. The SMILES string of the molecule is CCCCn1nc(C(=O)NCCC2CC3CCC2C3)ccc1=O. The van der Waals surface area contributed by atoms with Gasteiger partial charge < -0.3 is 5.32 Å². The Morgan fingerprint density at radius 2 is 2.22 bits per heavy atom. The Balaban J connectivity index is 1.50. The second-order valence-electron chi connectivity index (χ2n) is 7.11. The van der Waals surface area contributed by atoms with Gasteiger partial charge in [0.05, 0.1) is 0 Å². The van der Waals surface area contributed by atoms with Crippen LogP contribution in [0.3, 0.4) is 0 Å². The molecule has 0 saturated heterocycles. The third kappa shape index (κ3) is 3.82. The number of unbranched alkanes of at least 4 members (excludes halogenated alkanes) is 1. The highest BCUT2D eigenvalue weighted by molar-refractivity contribution is 5.91. The number of carbonyl (C=O) groups is 1. The molecule has 0 radical (unpaired) electrons. The topological polar surface area (TPSA) is 64.0 Å². The molecule has 2 fully saturated rings. The van der Waals surface area contributed by atoms with Crippen molar-refractivity contribution in [1.82, 2.24) is 15.1 Å². The summed E-state index contributed by atoms with van der Waals surface area (Å²) in [6, 6.07) is 2.96. The van der Waals surface area contributed by atoms with Gasteiger partial charge in [-0.15, -0.1) is 0 Å². The molecule has 1 heterocycles. The Morgan fingerprint density at radius 3 is 2.91 bits per heavy atom. The van der Waals surface area contributed by atoms with Crippen molar-refractivity contribution in [3.63, 3.8) is 0 Å². The first kappa shape index (κ1) is 16.2.